The van der Waals surface area contributed by atoms with Crippen LogP contribution in [-0.2, 0) is 19.1 Å². The number of likely N-dealkylation sites (tertiary alicyclic amines) is 1. The molecule has 2 aliphatic rings. The summed E-state index contributed by atoms with van der Waals surface area (Å²) in [5, 5.41) is 2.65. The molecular formula is C14H22N2O5. The maximum Gasteiger partial charge on any atom is 0.410 e. The van der Waals surface area contributed by atoms with Crippen molar-refractivity contribution in [3.63, 3.8) is 0 Å². The van der Waals surface area contributed by atoms with Gasteiger partial charge in [-0.05, 0) is 27.7 Å². The van der Waals surface area contributed by atoms with Gasteiger partial charge in [0.15, 0.2) is 0 Å². The molecule has 2 rings (SSSR count). The van der Waals surface area contributed by atoms with Gasteiger partial charge in [-0.25, -0.2) is 9.59 Å². The fourth-order valence-electron chi connectivity index (χ4n) is 2.79. The van der Waals surface area contributed by atoms with E-state index >= 15 is 0 Å². The number of carbonyl (C=O) groups is 3. The molecule has 0 aromatic rings. The summed E-state index contributed by atoms with van der Waals surface area (Å²) in [5.41, 5.74) is -1.12. The van der Waals surface area contributed by atoms with E-state index in [4.69, 9.17) is 9.47 Å². The van der Waals surface area contributed by atoms with Crippen LogP contribution >= 0.6 is 0 Å². The smallest absolute Gasteiger partial charge is 0.410 e. The molecule has 2 amide bonds. The lowest BCUT2D eigenvalue weighted by Crippen LogP contribution is -2.65. The molecule has 0 saturated carbocycles. The SMILES string of the molecule is CCOC(=O)[C@H]1NC(=O)CC12CN(C(=O)OC(C)(C)C)C2. The second-order valence-electron chi connectivity index (χ2n) is 6.63. The Balaban J connectivity index is 2.00. The Bertz CT molecular complexity index is 462. The highest BCUT2D eigenvalue weighted by Crippen LogP contribution is 2.42. The normalized spacial score (nSPS) is 23.5. The predicted octanol–water partition coefficient (Wildman–Crippen LogP) is 0.675. The van der Waals surface area contributed by atoms with Crippen LogP contribution in [0.25, 0.3) is 0 Å². The van der Waals surface area contributed by atoms with Gasteiger partial charge in [0, 0.05) is 24.9 Å². The van der Waals surface area contributed by atoms with Crippen molar-refractivity contribution in [2.75, 3.05) is 19.7 Å². The summed E-state index contributed by atoms with van der Waals surface area (Å²) < 4.78 is 10.3. The third-order valence-electron chi connectivity index (χ3n) is 3.62. The number of rotatable bonds is 2. The molecule has 0 aromatic carbocycles. The van der Waals surface area contributed by atoms with E-state index in [1.54, 1.807) is 27.7 Å². The van der Waals surface area contributed by atoms with E-state index in [0.717, 1.165) is 0 Å². The lowest BCUT2D eigenvalue weighted by molar-refractivity contribution is -0.152. The van der Waals surface area contributed by atoms with Crippen LogP contribution in [-0.4, -0.2) is 54.2 Å². The maximum absolute atomic E-state index is 11.9. The summed E-state index contributed by atoms with van der Waals surface area (Å²) in [4.78, 5) is 37.0. The van der Waals surface area contributed by atoms with Crippen molar-refractivity contribution in [3.8, 4) is 0 Å². The second-order valence-corrected chi connectivity index (χ2v) is 6.63. The van der Waals surface area contributed by atoms with Gasteiger partial charge >= 0.3 is 12.1 Å². The van der Waals surface area contributed by atoms with Crippen molar-refractivity contribution in [2.45, 2.75) is 45.8 Å². The predicted molar refractivity (Wildman–Crippen MR) is 73.4 cm³/mol. The number of amides is 2. The molecule has 0 radical (unpaired) electrons. The Morgan fingerprint density at radius 2 is 2.00 bits per heavy atom. The lowest BCUT2D eigenvalue weighted by atomic mass is 9.73. The number of nitrogens with one attached hydrogen (secondary N) is 1. The third kappa shape index (κ3) is 3.11. The Morgan fingerprint density at radius 1 is 1.38 bits per heavy atom. The van der Waals surface area contributed by atoms with E-state index in [1.807, 2.05) is 0 Å². The monoisotopic (exact) mass is 298 g/mol. The van der Waals surface area contributed by atoms with Crippen LogP contribution < -0.4 is 5.32 Å². The number of hydrogen-bond donors (Lipinski definition) is 1. The molecule has 2 heterocycles. The molecule has 1 N–H and O–H groups in total. The molecular weight excluding hydrogens is 276 g/mol. The van der Waals surface area contributed by atoms with Crippen molar-refractivity contribution in [3.05, 3.63) is 0 Å². The van der Waals surface area contributed by atoms with Gasteiger partial charge < -0.3 is 19.7 Å². The Kier molecular flexibility index (Phi) is 3.86. The molecule has 21 heavy (non-hydrogen) atoms. The highest BCUT2D eigenvalue weighted by molar-refractivity contribution is 5.91. The van der Waals surface area contributed by atoms with Crippen LogP contribution in [0.2, 0.25) is 0 Å². The summed E-state index contributed by atoms with van der Waals surface area (Å²) in [7, 11) is 0. The van der Waals surface area contributed by atoms with E-state index in [-0.39, 0.29) is 18.9 Å². The van der Waals surface area contributed by atoms with Crippen molar-refractivity contribution in [2.24, 2.45) is 5.41 Å². The van der Waals surface area contributed by atoms with E-state index in [2.05, 4.69) is 5.32 Å². The third-order valence-corrected chi connectivity index (χ3v) is 3.62. The largest absolute Gasteiger partial charge is 0.464 e. The van der Waals surface area contributed by atoms with Gasteiger partial charge in [0.1, 0.15) is 11.6 Å². The van der Waals surface area contributed by atoms with Gasteiger partial charge in [-0.15, -0.1) is 0 Å². The first-order valence-corrected chi connectivity index (χ1v) is 7.11. The minimum absolute atomic E-state index is 0.183. The highest BCUT2D eigenvalue weighted by Gasteiger charge is 2.59. The van der Waals surface area contributed by atoms with Gasteiger partial charge in [-0.3, -0.25) is 4.79 Å². The van der Waals surface area contributed by atoms with Crippen LogP contribution in [0.5, 0.6) is 0 Å². The van der Waals surface area contributed by atoms with Crippen LogP contribution in [0, 0.1) is 5.41 Å². The standard InChI is InChI=1S/C14H22N2O5/c1-5-20-11(18)10-14(6-9(17)15-10)7-16(8-14)12(19)21-13(2,3)4/h10H,5-8H2,1-4H3,(H,15,17)/t10-/m1/s1. The minimum Gasteiger partial charge on any atom is -0.464 e. The number of esters is 1. The molecule has 7 nitrogen and oxygen atoms in total. The zero-order valence-electron chi connectivity index (χ0n) is 12.9. The highest BCUT2D eigenvalue weighted by atomic mass is 16.6. The van der Waals surface area contributed by atoms with Gasteiger partial charge in [0.05, 0.1) is 6.61 Å². The van der Waals surface area contributed by atoms with E-state index in [9.17, 15) is 14.4 Å². The summed E-state index contributed by atoms with van der Waals surface area (Å²) in [5.74, 6) is -0.621. The average molecular weight is 298 g/mol. The summed E-state index contributed by atoms with van der Waals surface area (Å²) >= 11 is 0. The van der Waals surface area contributed by atoms with E-state index in [0.29, 0.717) is 13.1 Å². The van der Waals surface area contributed by atoms with E-state index in [1.165, 1.54) is 4.90 Å². The summed E-state index contributed by atoms with van der Waals surface area (Å²) in [6.45, 7) is 8.01. The van der Waals surface area contributed by atoms with Gasteiger partial charge in [0.2, 0.25) is 5.91 Å². The zero-order valence-corrected chi connectivity index (χ0v) is 12.9. The number of ether oxygens (including phenoxy) is 2. The van der Waals surface area contributed by atoms with Crippen molar-refractivity contribution >= 4 is 18.0 Å². The fourth-order valence-corrected chi connectivity index (χ4v) is 2.79. The number of nitrogens with zero attached hydrogens (tertiary/aromatic N) is 1. The molecule has 0 unspecified atom stereocenters. The molecule has 0 aromatic heterocycles. The van der Waals surface area contributed by atoms with Gasteiger partial charge in [0.25, 0.3) is 0 Å². The molecule has 2 saturated heterocycles. The van der Waals surface area contributed by atoms with Crippen molar-refractivity contribution < 1.29 is 23.9 Å². The van der Waals surface area contributed by atoms with Crippen molar-refractivity contribution in [1.82, 2.24) is 10.2 Å². The first-order valence-electron chi connectivity index (χ1n) is 7.11. The van der Waals surface area contributed by atoms with Crippen LogP contribution in [0.1, 0.15) is 34.1 Å². The fraction of sp³-hybridized carbons (Fsp3) is 0.786. The molecule has 118 valence electrons. The molecule has 2 aliphatic heterocycles. The van der Waals surface area contributed by atoms with Crippen molar-refractivity contribution in [1.29, 1.82) is 0 Å². The van der Waals surface area contributed by atoms with Crippen LogP contribution in [0.3, 0.4) is 0 Å². The van der Waals surface area contributed by atoms with E-state index < -0.39 is 29.1 Å². The first-order chi connectivity index (χ1) is 9.67. The van der Waals surface area contributed by atoms with Crippen LogP contribution in [0.4, 0.5) is 4.79 Å². The minimum atomic E-state index is -0.677. The molecule has 0 bridgehead atoms. The number of carbonyl (C=O) groups excluding carboxylic acids is 3. The van der Waals surface area contributed by atoms with Gasteiger partial charge in [-0.2, -0.15) is 0 Å². The zero-order chi connectivity index (χ0) is 15.8. The Labute approximate surface area is 123 Å². The summed E-state index contributed by atoms with van der Waals surface area (Å²) in [6.07, 6.45) is -0.189. The summed E-state index contributed by atoms with van der Waals surface area (Å²) in [6, 6.07) is -0.677. The quantitative estimate of drug-likeness (QED) is 0.758. The molecule has 1 atom stereocenters. The molecule has 2 fully saturated rings. The maximum atomic E-state index is 11.9. The first kappa shape index (κ1) is 15.6. The molecule has 0 aliphatic carbocycles. The lowest BCUT2D eigenvalue weighted by Gasteiger charge is -2.49. The average Bonchev–Trinajstić information content (AvgIpc) is 2.63. The Morgan fingerprint density at radius 3 is 2.52 bits per heavy atom. The molecule has 1 spiro atoms. The topological polar surface area (TPSA) is 84.9 Å². The van der Waals surface area contributed by atoms with Gasteiger partial charge in [-0.1, -0.05) is 0 Å². The Hall–Kier alpha value is -1.79. The number of hydrogen-bond acceptors (Lipinski definition) is 5. The van der Waals surface area contributed by atoms with Crippen LogP contribution in [0.15, 0.2) is 0 Å². The molecule has 7 heteroatoms. The second kappa shape index (κ2) is 5.20.